The molecular formula is C9H18O3S. The van der Waals surface area contributed by atoms with Gasteiger partial charge >= 0.3 is 5.97 Å². The van der Waals surface area contributed by atoms with Crippen molar-refractivity contribution < 1.29 is 14.6 Å². The lowest BCUT2D eigenvalue weighted by Gasteiger charge is -2.08. The Labute approximate surface area is 83.9 Å². The number of carboxylic acid groups (broad SMARTS) is 1. The van der Waals surface area contributed by atoms with Crippen molar-refractivity contribution in [2.24, 2.45) is 0 Å². The van der Waals surface area contributed by atoms with Crippen LogP contribution in [0, 0.1) is 0 Å². The zero-order valence-electron chi connectivity index (χ0n) is 8.28. The third-order valence-electron chi connectivity index (χ3n) is 1.54. The van der Waals surface area contributed by atoms with Gasteiger partial charge in [-0.25, -0.2) is 0 Å². The number of ether oxygens (including phenoxy) is 1. The lowest BCUT2D eigenvalue weighted by molar-refractivity contribution is -0.136. The van der Waals surface area contributed by atoms with Gasteiger partial charge in [0.15, 0.2) is 0 Å². The van der Waals surface area contributed by atoms with Gasteiger partial charge in [-0.15, -0.1) is 11.8 Å². The number of hydrogen-bond acceptors (Lipinski definition) is 3. The van der Waals surface area contributed by atoms with Crippen molar-refractivity contribution in [3.05, 3.63) is 0 Å². The zero-order chi connectivity index (χ0) is 10.1. The molecule has 0 saturated carbocycles. The fraction of sp³-hybridized carbons (Fsp3) is 0.889. The molecule has 0 spiro atoms. The van der Waals surface area contributed by atoms with Gasteiger partial charge in [0.1, 0.15) is 5.25 Å². The maximum Gasteiger partial charge on any atom is 0.316 e. The van der Waals surface area contributed by atoms with E-state index in [9.17, 15) is 4.79 Å². The number of carboxylic acids is 1. The third kappa shape index (κ3) is 6.90. The van der Waals surface area contributed by atoms with Crippen molar-refractivity contribution in [3.63, 3.8) is 0 Å². The van der Waals surface area contributed by atoms with Crippen LogP contribution in [0.15, 0.2) is 0 Å². The lowest BCUT2D eigenvalue weighted by Crippen LogP contribution is -2.16. The minimum atomic E-state index is -0.719. The van der Waals surface area contributed by atoms with Gasteiger partial charge in [-0.1, -0.05) is 13.8 Å². The van der Waals surface area contributed by atoms with Crippen LogP contribution in [0.5, 0.6) is 0 Å². The normalized spacial score (nSPS) is 12.8. The Morgan fingerprint density at radius 1 is 1.46 bits per heavy atom. The quantitative estimate of drug-likeness (QED) is 0.617. The first-order valence-electron chi connectivity index (χ1n) is 4.64. The van der Waals surface area contributed by atoms with Crippen molar-refractivity contribution >= 4 is 17.7 Å². The first kappa shape index (κ1) is 12.8. The Morgan fingerprint density at radius 2 is 2.15 bits per heavy atom. The summed E-state index contributed by atoms with van der Waals surface area (Å²) in [5, 5.41) is 8.44. The molecule has 78 valence electrons. The van der Waals surface area contributed by atoms with Crippen molar-refractivity contribution in [3.8, 4) is 0 Å². The van der Waals surface area contributed by atoms with Crippen LogP contribution in [0.3, 0.4) is 0 Å². The molecule has 13 heavy (non-hydrogen) atoms. The Kier molecular flexibility index (Phi) is 8.24. The van der Waals surface area contributed by atoms with E-state index in [1.807, 2.05) is 6.92 Å². The van der Waals surface area contributed by atoms with Gasteiger partial charge in [0, 0.05) is 12.4 Å². The first-order chi connectivity index (χ1) is 6.22. The van der Waals surface area contributed by atoms with Crippen molar-refractivity contribution in [1.29, 1.82) is 0 Å². The van der Waals surface area contributed by atoms with Crippen LogP contribution in [-0.4, -0.2) is 35.3 Å². The predicted molar refractivity (Wildman–Crippen MR) is 55.3 cm³/mol. The Morgan fingerprint density at radius 3 is 2.62 bits per heavy atom. The van der Waals surface area contributed by atoms with Gasteiger partial charge in [-0.2, -0.15) is 0 Å². The Hall–Kier alpha value is -0.220. The molecule has 0 aromatic rings. The van der Waals surface area contributed by atoms with E-state index >= 15 is 0 Å². The largest absolute Gasteiger partial charge is 0.480 e. The molecule has 0 rings (SSSR count). The minimum Gasteiger partial charge on any atom is -0.480 e. The van der Waals surface area contributed by atoms with Crippen LogP contribution >= 0.6 is 11.8 Å². The summed E-state index contributed by atoms with van der Waals surface area (Å²) >= 11 is 1.46. The van der Waals surface area contributed by atoms with Crippen LogP contribution < -0.4 is 0 Å². The average Bonchev–Trinajstić information content (AvgIpc) is 2.10. The number of carbonyl (C=O) groups is 1. The fourth-order valence-corrected chi connectivity index (χ4v) is 1.74. The van der Waals surface area contributed by atoms with Gasteiger partial charge in [0.05, 0.1) is 6.61 Å². The predicted octanol–water partition coefficient (Wildman–Crippen LogP) is 2.01. The third-order valence-corrected chi connectivity index (χ3v) is 2.88. The van der Waals surface area contributed by atoms with E-state index in [0.29, 0.717) is 13.0 Å². The van der Waals surface area contributed by atoms with Gasteiger partial charge in [0.25, 0.3) is 0 Å². The SMILES string of the molecule is CCCOCCSC(CC)C(=O)O. The van der Waals surface area contributed by atoms with Gasteiger partial charge in [-0.3, -0.25) is 4.79 Å². The summed E-state index contributed by atoms with van der Waals surface area (Å²) in [6, 6.07) is 0. The number of aliphatic carboxylic acids is 1. The Bertz CT molecular complexity index is 139. The highest BCUT2D eigenvalue weighted by Crippen LogP contribution is 2.14. The summed E-state index contributed by atoms with van der Waals surface area (Å²) < 4.78 is 5.24. The average molecular weight is 206 g/mol. The molecule has 0 aliphatic heterocycles. The summed E-state index contributed by atoms with van der Waals surface area (Å²) in [5.74, 6) is 0.0492. The first-order valence-corrected chi connectivity index (χ1v) is 5.69. The second-order valence-corrected chi connectivity index (χ2v) is 4.03. The van der Waals surface area contributed by atoms with Crippen LogP contribution in [0.2, 0.25) is 0 Å². The topological polar surface area (TPSA) is 46.5 Å². The fourth-order valence-electron chi connectivity index (χ4n) is 0.859. The van der Waals surface area contributed by atoms with Crippen LogP contribution in [-0.2, 0) is 9.53 Å². The van der Waals surface area contributed by atoms with Crippen molar-refractivity contribution in [2.45, 2.75) is 31.9 Å². The highest BCUT2D eigenvalue weighted by Gasteiger charge is 2.14. The van der Waals surface area contributed by atoms with E-state index in [4.69, 9.17) is 9.84 Å². The van der Waals surface area contributed by atoms with E-state index in [1.54, 1.807) is 0 Å². The van der Waals surface area contributed by atoms with Gasteiger partial charge in [-0.05, 0) is 12.8 Å². The van der Waals surface area contributed by atoms with Gasteiger partial charge in [0.2, 0.25) is 0 Å². The molecule has 0 saturated heterocycles. The summed E-state index contributed by atoms with van der Waals surface area (Å²) in [4.78, 5) is 10.6. The zero-order valence-corrected chi connectivity index (χ0v) is 9.10. The molecule has 0 amide bonds. The summed E-state index contributed by atoms with van der Waals surface area (Å²) in [5.41, 5.74) is 0. The minimum absolute atomic E-state index is 0.273. The van der Waals surface area contributed by atoms with E-state index in [-0.39, 0.29) is 5.25 Å². The lowest BCUT2D eigenvalue weighted by atomic mass is 10.3. The molecule has 0 aromatic carbocycles. The summed E-state index contributed by atoms with van der Waals surface area (Å²) in [6.45, 7) is 5.37. The number of rotatable bonds is 8. The van der Waals surface area contributed by atoms with Crippen LogP contribution in [0.25, 0.3) is 0 Å². The number of thioether (sulfide) groups is 1. The van der Waals surface area contributed by atoms with Crippen LogP contribution in [0.1, 0.15) is 26.7 Å². The molecule has 0 bridgehead atoms. The van der Waals surface area contributed by atoms with E-state index in [0.717, 1.165) is 18.8 Å². The van der Waals surface area contributed by atoms with E-state index < -0.39 is 5.97 Å². The molecular weight excluding hydrogens is 188 g/mol. The van der Waals surface area contributed by atoms with Crippen LogP contribution in [0.4, 0.5) is 0 Å². The molecule has 0 heterocycles. The maximum absolute atomic E-state index is 10.6. The van der Waals surface area contributed by atoms with Crippen molar-refractivity contribution in [2.75, 3.05) is 19.0 Å². The molecule has 1 atom stereocenters. The second kappa shape index (κ2) is 8.38. The monoisotopic (exact) mass is 206 g/mol. The molecule has 0 aliphatic carbocycles. The smallest absolute Gasteiger partial charge is 0.316 e. The number of hydrogen-bond donors (Lipinski definition) is 1. The van der Waals surface area contributed by atoms with E-state index in [2.05, 4.69) is 6.92 Å². The molecule has 3 nitrogen and oxygen atoms in total. The maximum atomic E-state index is 10.6. The molecule has 0 aliphatic rings. The highest BCUT2D eigenvalue weighted by atomic mass is 32.2. The molecule has 1 unspecified atom stereocenters. The standard InChI is InChI=1S/C9H18O3S/c1-3-5-12-6-7-13-8(4-2)9(10)11/h8H,3-7H2,1-2H3,(H,10,11). The van der Waals surface area contributed by atoms with Gasteiger partial charge < -0.3 is 9.84 Å². The summed E-state index contributed by atoms with van der Waals surface area (Å²) in [6.07, 6.45) is 1.69. The summed E-state index contributed by atoms with van der Waals surface area (Å²) in [7, 11) is 0. The molecule has 4 heteroatoms. The molecule has 0 radical (unpaired) electrons. The molecule has 0 aromatic heterocycles. The second-order valence-electron chi connectivity index (χ2n) is 2.72. The molecule has 1 N–H and O–H groups in total. The van der Waals surface area contributed by atoms with E-state index in [1.165, 1.54) is 11.8 Å². The Balaban J connectivity index is 3.33. The van der Waals surface area contributed by atoms with Crippen molar-refractivity contribution in [1.82, 2.24) is 0 Å². The molecule has 0 fully saturated rings. The highest BCUT2D eigenvalue weighted by molar-refractivity contribution is 8.00.